The Morgan fingerprint density at radius 3 is 0.787 bits per heavy atom. The third-order valence-corrected chi connectivity index (χ3v) is 13.9. The van der Waals surface area contributed by atoms with Crippen molar-refractivity contribution in [2.45, 2.75) is 171 Å². The molecular formula is C63H78N8S4. The molecule has 0 spiro atoms. The Bertz CT molecular complexity index is 2930. The van der Waals surface area contributed by atoms with Gasteiger partial charge in [-0.2, -0.15) is 0 Å². The maximum absolute atomic E-state index is 4.51. The molecule has 8 rings (SSSR count). The Balaban J connectivity index is 0.000000185. The van der Waals surface area contributed by atoms with Crippen molar-refractivity contribution in [1.82, 2.24) is 39.9 Å². The van der Waals surface area contributed by atoms with E-state index in [-0.39, 0.29) is 0 Å². The van der Waals surface area contributed by atoms with Gasteiger partial charge in [0, 0.05) is 91.4 Å². The average molecular weight is 1080 g/mol. The average Bonchev–Trinajstić information content (AvgIpc) is 3.40. The van der Waals surface area contributed by atoms with E-state index in [4.69, 9.17) is 0 Å². The lowest BCUT2D eigenvalue weighted by Crippen LogP contribution is -1.94. The molecule has 0 fully saturated rings. The summed E-state index contributed by atoms with van der Waals surface area (Å²) in [7, 11) is 0. The molecule has 8 aromatic rings. The van der Waals surface area contributed by atoms with Gasteiger partial charge >= 0.3 is 0 Å². The summed E-state index contributed by atoms with van der Waals surface area (Å²) in [6, 6.07) is 24.5. The fourth-order valence-corrected chi connectivity index (χ4v) is 9.51. The van der Waals surface area contributed by atoms with E-state index in [2.05, 4.69) is 170 Å². The van der Waals surface area contributed by atoms with Gasteiger partial charge in [-0.1, -0.05) is 103 Å². The van der Waals surface area contributed by atoms with Crippen LogP contribution in [0.25, 0.3) is 45.6 Å². The first-order valence-electron chi connectivity index (χ1n) is 26.8. The SMILES string of the molecule is CCCCCCCc1cnc(-c2ccc(C)cc2S)nc1.CCCCCc1cnc(-c2ccc(C)cc2S)nc1.CCCCc1cnc(-c2ccc(C)cc2S)nc1.CCCc1cnc(-c2ccc(C)cc2S)nc1. The smallest absolute Gasteiger partial charge is 0.160 e. The fourth-order valence-electron chi connectivity index (χ4n) is 8.00. The summed E-state index contributed by atoms with van der Waals surface area (Å²) in [5, 5.41) is 0. The third-order valence-electron chi connectivity index (χ3n) is 12.4. The second-order valence-corrected chi connectivity index (χ2v) is 21.1. The van der Waals surface area contributed by atoms with E-state index >= 15 is 0 Å². The van der Waals surface area contributed by atoms with Crippen LogP contribution in [0.1, 0.15) is 143 Å². The van der Waals surface area contributed by atoms with Gasteiger partial charge in [0.05, 0.1) is 0 Å². The fraction of sp³-hybridized carbons (Fsp3) is 0.365. The topological polar surface area (TPSA) is 103 Å². The van der Waals surface area contributed by atoms with E-state index in [1.165, 1.54) is 109 Å². The van der Waals surface area contributed by atoms with Crippen LogP contribution in [0.5, 0.6) is 0 Å². The molecule has 0 aliphatic heterocycles. The number of nitrogens with zero attached hydrogens (tertiary/aromatic N) is 8. The van der Waals surface area contributed by atoms with Crippen molar-refractivity contribution in [1.29, 1.82) is 0 Å². The highest BCUT2D eigenvalue weighted by molar-refractivity contribution is 7.81. The van der Waals surface area contributed by atoms with E-state index in [9.17, 15) is 0 Å². The Hall–Kier alpha value is -5.40. The first-order chi connectivity index (χ1) is 36.3. The molecule has 0 N–H and O–H groups in total. The molecule has 75 heavy (non-hydrogen) atoms. The standard InChI is InChI=1S/C18H24N2S.C16H20N2S.C15H18N2S.C14H16N2S/c1-3-4-5-6-7-8-15-12-19-18(20-13-15)16-10-9-14(2)11-17(16)21;1-3-4-5-6-13-10-17-16(18-11-13)14-8-7-12(2)9-15(14)19;1-3-4-5-12-9-16-15(17-10-12)13-7-6-11(2)8-14(13)18;1-3-4-11-8-15-14(16-9-11)12-6-5-10(2)7-13(12)17/h9-13,21H,3-8H2,1-2H3;7-11,19H,3-6H2,1-2H3;6-10,18H,3-5H2,1-2H3;5-9,17H,3-4H2,1-2H3. The van der Waals surface area contributed by atoms with Crippen LogP contribution in [0.2, 0.25) is 0 Å². The van der Waals surface area contributed by atoms with Crippen LogP contribution in [0.15, 0.2) is 142 Å². The monoisotopic (exact) mass is 1070 g/mol. The largest absolute Gasteiger partial charge is 0.236 e. The van der Waals surface area contributed by atoms with Crippen molar-refractivity contribution in [3.05, 3.63) is 167 Å². The van der Waals surface area contributed by atoms with Crippen molar-refractivity contribution in [2.24, 2.45) is 0 Å². The predicted octanol–water partition coefficient (Wildman–Crippen LogP) is 17.5. The normalized spacial score (nSPS) is 10.7. The predicted molar refractivity (Wildman–Crippen MR) is 326 cm³/mol. The molecule has 0 aliphatic carbocycles. The second kappa shape index (κ2) is 32.9. The zero-order chi connectivity index (χ0) is 54.0. The van der Waals surface area contributed by atoms with Crippen molar-refractivity contribution in [3.63, 3.8) is 0 Å². The molecule has 0 saturated heterocycles. The summed E-state index contributed by atoms with van der Waals surface area (Å²) >= 11 is 18.0. The number of thiol groups is 4. The Morgan fingerprint density at radius 1 is 0.280 bits per heavy atom. The van der Waals surface area contributed by atoms with Gasteiger partial charge in [0.1, 0.15) is 0 Å². The molecule has 4 aromatic heterocycles. The van der Waals surface area contributed by atoms with E-state index in [1.54, 1.807) is 0 Å². The summed E-state index contributed by atoms with van der Waals surface area (Å²) in [4.78, 5) is 39.3. The molecule has 0 bridgehead atoms. The van der Waals surface area contributed by atoms with Gasteiger partial charge in [-0.25, -0.2) is 39.9 Å². The minimum atomic E-state index is 0.745. The van der Waals surface area contributed by atoms with Gasteiger partial charge in [0.15, 0.2) is 23.3 Å². The number of rotatable bonds is 19. The number of aryl methyl sites for hydroxylation is 8. The molecule has 0 aliphatic rings. The van der Waals surface area contributed by atoms with Crippen molar-refractivity contribution in [2.75, 3.05) is 0 Å². The lowest BCUT2D eigenvalue weighted by Gasteiger charge is -2.06. The second-order valence-electron chi connectivity index (χ2n) is 19.2. The van der Waals surface area contributed by atoms with Gasteiger partial charge in [0.25, 0.3) is 0 Å². The summed E-state index contributed by atoms with van der Waals surface area (Å²) in [6.07, 6.45) is 33.4. The third kappa shape index (κ3) is 20.6. The summed E-state index contributed by atoms with van der Waals surface area (Å²) < 4.78 is 0. The summed E-state index contributed by atoms with van der Waals surface area (Å²) in [5.41, 5.74) is 13.6. The van der Waals surface area contributed by atoms with E-state index in [1.807, 2.05) is 98.1 Å². The number of unbranched alkanes of at least 4 members (excludes halogenated alkanes) is 7. The van der Waals surface area contributed by atoms with E-state index in [0.717, 1.165) is 97.2 Å². The quantitative estimate of drug-likeness (QED) is 0.0469. The zero-order valence-corrected chi connectivity index (χ0v) is 49.1. The first kappa shape index (κ1) is 60.5. The highest BCUT2D eigenvalue weighted by Gasteiger charge is 2.10. The number of hydrogen-bond acceptors (Lipinski definition) is 12. The summed E-state index contributed by atoms with van der Waals surface area (Å²) in [5.74, 6) is 3.01. The molecule has 8 nitrogen and oxygen atoms in total. The van der Waals surface area contributed by atoms with Crippen LogP contribution in [0.4, 0.5) is 0 Å². The Morgan fingerprint density at radius 2 is 0.520 bits per heavy atom. The van der Waals surface area contributed by atoms with Gasteiger partial charge < -0.3 is 0 Å². The Labute approximate surface area is 471 Å². The van der Waals surface area contributed by atoms with Gasteiger partial charge in [-0.05, 0) is 166 Å². The molecule has 0 radical (unpaired) electrons. The van der Waals surface area contributed by atoms with Gasteiger partial charge in [0.2, 0.25) is 0 Å². The lowest BCUT2D eigenvalue weighted by molar-refractivity contribution is 0.631. The number of benzene rings is 4. The lowest BCUT2D eigenvalue weighted by atomic mass is 10.1. The van der Waals surface area contributed by atoms with E-state index < -0.39 is 0 Å². The van der Waals surface area contributed by atoms with Gasteiger partial charge in [-0.15, -0.1) is 50.5 Å². The number of aromatic nitrogens is 8. The van der Waals surface area contributed by atoms with Crippen molar-refractivity contribution >= 4 is 50.5 Å². The molecule has 0 amide bonds. The molecule has 0 atom stereocenters. The molecule has 0 unspecified atom stereocenters. The Kier molecular flexibility index (Phi) is 26.5. The van der Waals surface area contributed by atoms with Crippen molar-refractivity contribution < 1.29 is 0 Å². The molecule has 12 heteroatoms. The highest BCUT2D eigenvalue weighted by atomic mass is 32.1. The van der Waals surface area contributed by atoms with Crippen molar-refractivity contribution in [3.8, 4) is 45.6 Å². The molecule has 4 aromatic carbocycles. The van der Waals surface area contributed by atoms with E-state index in [0.29, 0.717) is 0 Å². The summed E-state index contributed by atoms with van der Waals surface area (Å²) in [6.45, 7) is 17.0. The van der Waals surface area contributed by atoms with Crippen LogP contribution in [0.3, 0.4) is 0 Å². The van der Waals surface area contributed by atoms with Gasteiger partial charge in [-0.3, -0.25) is 0 Å². The van der Waals surface area contributed by atoms with Crippen LogP contribution in [0, 0.1) is 27.7 Å². The van der Waals surface area contributed by atoms with Crippen LogP contribution in [-0.2, 0) is 25.7 Å². The molecule has 394 valence electrons. The highest BCUT2D eigenvalue weighted by Crippen LogP contribution is 2.28. The van der Waals surface area contributed by atoms with Crippen LogP contribution >= 0.6 is 50.5 Å². The zero-order valence-electron chi connectivity index (χ0n) is 45.5. The minimum Gasteiger partial charge on any atom is -0.236 e. The first-order valence-corrected chi connectivity index (χ1v) is 28.5. The molecule has 0 saturated carbocycles. The van der Waals surface area contributed by atoms with Crippen LogP contribution in [-0.4, -0.2) is 39.9 Å². The molecule has 4 heterocycles. The maximum Gasteiger partial charge on any atom is 0.160 e. The van der Waals surface area contributed by atoms with Crippen LogP contribution < -0.4 is 0 Å². The maximum atomic E-state index is 4.51. The minimum absolute atomic E-state index is 0.745. The molecular weight excluding hydrogens is 997 g/mol. The number of hydrogen-bond donors (Lipinski definition) is 4.